The van der Waals surface area contributed by atoms with Crippen molar-refractivity contribution in [2.45, 2.75) is 38.9 Å². The Bertz CT molecular complexity index is 747. The Balaban J connectivity index is 2.72. The largest absolute Gasteiger partial charge is 0.297 e. The van der Waals surface area contributed by atoms with Crippen molar-refractivity contribution in [3.8, 4) is 11.4 Å². The van der Waals surface area contributed by atoms with Gasteiger partial charge < -0.3 is 0 Å². The van der Waals surface area contributed by atoms with Crippen LogP contribution in [0.25, 0.3) is 11.4 Å². The molecule has 20 heavy (non-hydrogen) atoms. The van der Waals surface area contributed by atoms with E-state index in [0.29, 0.717) is 12.4 Å². The van der Waals surface area contributed by atoms with E-state index in [9.17, 15) is 8.42 Å². The highest BCUT2D eigenvalue weighted by molar-refractivity contribution is 8.13. The van der Waals surface area contributed by atoms with Crippen LogP contribution in [-0.4, -0.2) is 33.0 Å². The molecule has 110 valence electrons. The lowest BCUT2D eigenvalue weighted by atomic mass is 10.2. The average molecular weight is 318 g/mol. The number of nitrogens with zero attached hydrogens (tertiary/aromatic N) is 5. The lowest BCUT2D eigenvalue weighted by molar-refractivity contribution is 0.569. The molecule has 0 aromatic carbocycles. The Hall–Kier alpha value is -1.41. The van der Waals surface area contributed by atoms with Crippen molar-refractivity contribution in [3.05, 3.63) is 11.4 Å². The summed E-state index contributed by atoms with van der Waals surface area (Å²) in [5.41, 5.74) is 2.46. The van der Waals surface area contributed by atoms with Gasteiger partial charge in [0.1, 0.15) is 0 Å². The molecule has 0 radical (unpaired) electrons. The third-order valence-corrected chi connectivity index (χ3v) is 4.27. The molecule has 0 amide bonds. The first-order valence-electron chi connectivity index (χ1n) is 6.15. The van der Waals surface area contributed by atoms with Gasteiger partial charge in [-0.1, -0.05) is 6.92 Å². The maximum atomic E-state index is 11.6. The third-order valence-electron chi connectivity index (χ3n) is 3.11. The van der Waals surface area contributed by atoms with Gasteiger partial charge in [0.15, 0.2) is 5.82 Å². The van der Waals surface area contributed by atoms with E-state index in [1.165, 1.54) is 4.57 Å². The van der Waals surface area contributed by atoms with Gasteiger partial charge >= 0.3 is 0 Å². The summed E-state index contributed by atoms with van der Waals surface area (Å²) < 4.78 is 26.4. The molecule has 0 atom stereocenters. The molecule has 9 heteroatoms. The topological polar surface area (TPSA) is 82.7 Å². The molecule has 0 aliphatic carbocycles. The molecule has 2 rings (SSSR count). The van der Waals surface area contributed by atoms with Crippen molar-refractivity contribution in [3.63, 3.8) is 0 Å². The second-order valence-corrected chi connectivity index (χ2v) is 7.02. The van der Waals surface area contributed by atoms with Gasteiger partial charge in [0, 0.05) is 30.0 Å². The van der Waals surface area contributed by atoms with Gasteiger partial charge in [-0.3, -0.25) is 9.25 Å². The predicted molar refractivity (Wildman–Crippen MR) is 75.0 cm³/mol. The normalized spacial score (nSPS) is 12.1. The highest BCUT2D eigenvalue weighted by Crippen LogP contribution is 2.27. The summed E-state index contributed by atoms with van der Waals surface area (Å²) in [7, 11) is 3.31. The van der Waals surface area contributed by atoms with Crippen molar-refractivity contribution < 1.29 is 8.42 Å². The van der Waals surface area contributed by atoms with Crippen LogP contribution in [0.2, 0.25) is 0 Å². The monoisotopic (exact) mass is 317 g/mol. The number of aryl methyl sites for hydroxylation is 2. The minimum Gasteiger partial charge on any atom is -0.297 e. The van der Waals surface area contributed by atoms with E-state index in [1.54, 1.807) is 4.68 Å². The summed E-state index contributed by atoms with van der Waals surface area (Å²) in [6.07, 6.45) is 0.739. The Kier molecular flexibility index (Phi) is 3.88. The van der Waals surface area contributed by atoms with Crippen LogP contribution in [0.1, 0.15) is 24.7 Å². The molecule has 0 spiro atoms. The lowest BCUT2D eigenvalue weighted by Gasteiger charge is -2.07. The molecular formula is C11H16ClN5O2S. The molecule has 0 fully saturated rings. The molecule has 2 aromatic rings. The van der Waals surface area contributed by atoms with Crippen molar-refractivity contribution in [1.29, 1.82) is 0 Å². The zero-order valence-corrected chi connectivity index (χ0v) is 13.3. The number of hydrogen-bond donors (Lipinski definition) is 0. The quantitative estimate of drug-likeness (QED) is 0.800. The summed E-state index contributed by atoms with van der Waals surface area (Å²) in [6, 6.07) is 0. The molecule has 0 saturated carbocycles. The van der Waals surface area contributed by atoms with Crippen molar-refractivity contribution in [2.24, 2.45) is 7.05 Å². The fourth-order valence-corrected chi connectivity index (χ4v) is 3.10. The summed E-state index contributed by atoms with van der Waals surface area (Å²) >= 11 is 0. The number of aromatic nitrogens is 5. The van der Waals surface area contributed by atoms with Crippen LogP contribution in [0.5, 0.6) is 0 Å². The van der Waals surface area contributed by atoms with E-state index >= 15 is 0 Å². The van der Waals surface area contributed by atoms with E-state index in [2.05, 4.69) is 15.3 Å². The van der Waals surface area contributed by atoms with Crippen molar-refractivity contribution >= 4 is 19.7 Å². The van der Waals surface area contributed by atoms with Crippen LogP contribution in [0.3, 0.4) is 0 Å². The first kappa shape index (κ1) is 15.0. The molecule has 0 aliphatic rings. The van der Waals surface area contributed by atoms with Crippen LogP contribution in [0, 0.1) is 13.8 Å². The highest BCUT2D eigenvalue weighted by atomic mass is 35.7. The zero-order valence-electron chi connectivity index (χ0n) is 11.8. The first-order chi connectivity index (χ1) is 9.27. The standard InChI is InChI=1S/C11H16ClN5O2S/c1-5-6-17-10(13-14-11(17)20(12,18)19)9-7(2)15-16(4)8(9)3/h5-6H2,1-4H3. The first-order valence-corrected chi connectivity index (χ1v) is 8.46. The second kappa shape index (κ2) is 5.17. The minimum absolute atomic E-state index is 0.223. The molecular weight excluding hydrogens is 302 g/mol. The van der Waals surface area contributed by atoms with Gasteiger partial charge in [-0.25, -0.2) is 8.42 Å². The van der Waals surface area contributed by atoms with E-state index < -0.39 is 9.05 Å². The molecule has 2 aromatic heterocycles. The summed E-state index contributed by atoms with van der Waals surface area (Å²) in [6.45, 7) is 6.16. The maximum absolute atomic E-state index is 11.6. The van der Waals surface area contributed by atoms with Crippen molar-refractivity contribution in [1.82, 2.24) is 24.5 Å². The Morgan fingerprint density at radius 2 is 1.90 bits per heavy atom. The Morgan fingerprint density at radius 1 is 1.25 bits per heavy atom. The molecule has 7 nitrogen and oxygen atoms in total. The third kappa shape index (κ3) is 2.45. The Labute approximate surface area is 122 Å². The number of halogens is 1. The van der Waals surface area contributed by atoms with Crippen LogP contribution in [0.15, 0.2) is 5.16 Å². The lowest BCUT2D eigenvalue weighted by Crippen LogP contribution is -2.08. The predicted octanol–water partition coefficient (Wildman–Crippen LogP) is 1.63. The van der Waals surface area contributed by atoms with Crippen molar-refractivity contribution in [2.75, 3.05) is 0 Å². The van der Waals surface area contributed by atoms with Crippen LogP contribution in [0.4, 0.5) is 0 Å². The van der Waals surface area contributed by atoms with Crippen LogP contribution in [-0.2, 0) is 22.6 Å². The maximum Gasteiger partial charge on any atom is 0.296 e. The molecule has 0 unspecified atom stereocenters. The molecule has 2 heterocycles. The average Bonchev–Trinajstić information content (AvgIpc) is 2.82. The Morgan fingerprint density at radius 3 is 2.35 bits per heavy atom. The second-order valence-electron chi connectivity index (χ2n) is 4.57. The van der Waals surface area contributed by atoms with Gasteiger partial charge in [-0.15, -0.1) is 10.2 Å². The van der Waals surface area contributed by atoms with E-state index in [0.717, 1.165) is 23.4 Å². The SMILES string of the molecule is CCCn1c(-c2c(C)nn(C)c2C)nnc1S(=O)(=O)Cl. The fourth-order valence-electron chi connectivity index (χ4n) is 2.18. The highest BCUT2D eigenvalue weighted by Gasteiger charge is 2.25. The van der Waals surface area contributed by atoms with Crippen LogP contribution < -0.4 is 0 Å². The number of rotatable bonds is 4. The van der Waals surface area contributed by atoms with Gasteiger partial charge in [0.2, 0.25) is 0 Å². The van der Waals surface area contributed by atoms with Gasteiger partial charge in [-0.05, 0) is 20.3 Å². The van der Waals surface area contributed by atoms with Crippen LogP contribution >= 0.6 is 10.7 Å². The van der Waals surface area contributed by atoms with Gasteiger partial charge in [-0.2, -0.15) is 5.10 Å². The number of hydrogen-bond acceptors (Lipinski definition) is 5. The summed E-state index contributed by atoms with van der Waals surface area (Å²) in [4.78, 5) is 0. The minimum atomic E-state index is -3.93. The molecule has 0 bridgehead atoms. The summed E-state index contributed by atoms with van der Waals surface area (Å²) in [5.74, 6) is 0.481. The van der Waals surface area contributed by atoms with E-state index in [4.69, 9.17) is 10.7 Å². The smallest absolute Gasteiger partial charge is 0.296 e. The molecule has 0 aliphatic heterocycles. The molecule has 0 saturated heterocycles. The van der Waals surface area contributed by atoms with E-state index in [-0.39, 0.29) is 5.16 Å². The summed E-state index contributed by atoms with van der Waals surface area (Å²) in [5, 5.41) is 11.8. The van der Waals surface area contributed by atoms with E-state index in [1.807, 2.05) is 27.8 Å². The fraction of sp³-hybridized carbons (Fsp3) is 0.545. The van der Waals surface area contributed by atoms with Gasteiger partial charge in [0.25, 0.3) is 14.2 Å². The van der Waals surface area contributed by atoms with Gasteiger partial charge in [0.05, 0.1) is 11.3 Å². The molecule has 0 N–H and O–H groups in total. The zero-order chi connectivity index (χ0) is 15.1.